The Morgan fingerprint density at radius 3 is 2.42 bits per heavy atom. The van der Waals surface area contributed by atoms with Gasteiger partial charge in [0.15, 0.2) is 11.5 Å². The summed E-state index contributed by atoms with van der Waals surface area (Å²) >= 11 is 0. The second-order valence-electron chi connectivity index (χ2n) is 12.0. The number of piperidine rings is 1. The quantitative estimate of drug-likeness (QED) is 0.648. The first-order chi connectivity index (χ1) is 16.1. The van der Waals surface area contributed by atoms with Crippen LogP contribution >= 0.6 is 0 Å². The Hall–Kier alpha value is -2.08. The highest BCUT2D eigenvalue weighted by Crippen LogP contribution is 2.81. The number of amides is 2. The predicted octanol–water partition coefficient (Wildman–Crippen LogP) is 2.53. The zero-order valence-corrected chi connectivity index (χ0v) is 19.1. The van der Waals surface area contributed by atoms with Gasteiger partial charge in [0.05, 0.1) is 0 Å². The van der Waals surface area contributed by atoms with Crippen molar-refractivity contribution in [3.8, 4) is 11.5 Å². The van der Waals surface area contributed by atoms with Crippen molar-refractivity contribution in [2.45, 2.75) is 25.4 Å². The van der Waals surface area contributed by atoms with Crippen LogP contribution in [0.1, 0.15) is 19.3 Å². The third-order valence-corrected chi connectivity index (χ3v) is 10.7. The number of benzene rings is 1. The number of likely N-dealkylation sites (tertiary alicyclic amines) is 1. The minimum Gasteiger partial charge on any atom is -0.486 e. The molecule has 1 aromatic carbocycles. The summed E-state index contributed by atoms with van der Waals surface area (Å²) in [6, 6.07) is 7.76. The first kappa shape index (κ1) is 19.2. The lowest BCUT2D eigenvalue weighted by atomic mass is 9.52. The number of likely N-dealkylation sites (N-methyl/N-ethyl adjacent to an activating group) is 1. The molecular weight excluding hydrogens is 416 g/mol. The number of carbonyl (C=O) groups excluding carboxylic acids is 2. The number of para-hydroxylation sites is 2. The number of hydrogen-bond donors (Lipinski definition) is 0. The van der Waals surface area contributed by atoms with Crippen molar-refractivity contribution >= 4 is 11.8 Å². The van der Waals surface area contributed by atoms with E-state index in [0.717, 1.165) is 53.4 Å². The Balaban J connectivity index is 0.944. The van der Waals surface area contributed by atoms with Gasteiger partial charge >= 0.3 is 0 Å². The van der Waals surface area contributed by atoms with Crippen LogP contribution in [0.2, 0.25) is 0 Å². The molecule has 0 N–H and O–H groups in total. The van der Waals surface area contributed by atoms with Crippen molar-refractivity contribution in [2.24, 2.45) is 59.2 Å². The number of nitrogens with zero attached hydrogens (tertiary/aromatic N) is 2. The highest BCUT2D eigenvalue weighted by Gasteiger charge is 2.78. The van der Waals surface area contributed by atoms with E-state index in [4.69, 9.17) is 9.47 Å². The van der Waals surface area contributed by atoms with Gasteiger partial charge in [0, 0.05) is 31.5 Å². The fraction of sp³-hybridized carbons (Fsp3) is 0.704. The molecule has 1 saturated heterocycles. The molecule has 6 heteroatoms. The van der Waals surface area contributed by atoms with E-state index in [-0.39, 0.29) is 29.8 Å². The van der Waals surface area contributed by atoms with Crippen LogP contribution in [0, 0.1) is 59.2 Å². The first-order valence-electron chi connectivity index (χ1n) is 13.0. The molecule has 2 amide bonds. The number of imide groups is 1. The molecule has 2 aliphatic heterocycles. The number of fused-ring (bicyclic) bond motifs is 3. The predicted molar refractivity (Wildman–Crippen MR) is 119 cm³/mol. The Morgan fingerprint density at radius 1 is 0.909 bits per heavy atom. The average molecular weight is 449 g/mol. The van der Waals surface area contributed by atoms with E-state index in [2.05, 4.69) is 4.90 Å². The van der Waals surface area contributed by atoms with Gasteiger partial charge in [0.2, 0.25) is 11.8 Å². The Kier molecular flexibility index (Phi) is 3.81. The zero-order chi connectivity index (χ0) is 22.0. The molecular formula is C27H32N2O4. The van der Waals surface area contributed by atoms with Crippen molar-refractivity contribution < 1.29 is 19.1 Å². The van der Waals surface area contributed by atoms with Gasteiger partial charge in [0.1, 0.15) is 12.7 Å². The first-order valence-corrected chi connectivity index (χ1v) is 13.0. The molecule has 0 radical (unpaired) electrons. The van der Waals surface area contributed by atoms with E-state index in [0.29, 0.717) is 38.1 Å². The maximum absolute atomic E-state index is 13.5. The number of ether oxygens (including phenoxy) is 2. The van der Waals surface area contributed by atoms with Crippen LogP contribution in [-0.2, 0) is 9.59 Å². The maximum atomic E-state index is 13.5. The standard InChI is InChI=1S/C27H32N2O4/c1-28(11-14-12-32-19-4-2-3-5-20(19)33-14)6-7-29-26(30)17-10-18(27(29)31)25-21-13-8-15(23(17)25)22-16(9-13)24(21)22/h2-5,13-18,21-25H,6-12H2,1H3. The van der Waals surface area contributed by atoms with Crippen LogP contribution in [0.3, 0.4) is 0 Å². The highest BCUT2D eigenvalue weighted by atomic mass is 16.6. The second-order valence-corrected chi connectivity index (χ2v) is 12.0. The monoisotopic (exact) mass is 448 g/mol. The smallest absolute Gasteiger partial charge is 0.232 e. The molecule has 7 aliphatic carbocycles. The third-order valence-electron chi connectivity index (χ3n) is 10.7. The summed E-state index contributed by atoms with van der Waals surface area (Å²) in [5.41, 5.74) is 0. The molecule has 8 fully saturated rings. The van der Waals surface area contributed by atoms with Gasteiger partial charge in [-0.15, -0.1) is 0 Å². The third kappa shape index (κ3) is 2.48. The fourth-order valence-corrected chi connectivity index (χ4v) is 9.81. The van der Waals surface area contributed by atoms with Crippen molar-refractivity contribution in [1.29, 1.82) is 0 Å². The Morgan fingerprint density at radius 2 is 1.64 bits per heavy atom. The summed E-state index contributed by atoms with van der Waals surface area (Å²) in [6.07, 6.45) is 3.57. The molecule has 8 bridgehead atoms. The van der Waals surface area contributed by atoms with Crippen molar-refractivity contribution in [2.75, 3.05) is 33.3 Å². The van der Waals surface area contributed by atoms with Gasteiger partial charge in [-0.25, -0.2) is 0 Å². The molecule has 11 atom stereocenters. The van der Waals surface area contributed by atoms with Crippen LogP contribution in [-0.4, -0.2) is 61.0 Å². The van der Waals surface area contributed by atoms with Crippen LogP contribution in [0.5, 0.6) is 11.5 Å². The SMILES string of the molecule is CN(CCN1C(=O)C2CC(C1=O)C1C2C2CC3CC4C2C4C31)CC1COc2ccccc2O1. The lowest BCUT2D eigenvalue weighted by molar-refractivity contribution is -0.153. The summed E-state index contributed by atoms with van der Waals surface area (Å²) in [4.78, 5) is 30.9. The van der Waals surface area contributed by atoms with Gasteiger partial charge in [0.25, 0.3) is 0 Å². The summed E-state index contributed by atoms with van der Waals surface area (Å²) in [6.45, 7) is 2.40. The fourth-order valence-electron chi connectivity index (χ4n) is 9.81. The molecule has 7 saturated carbocycles. The van der Waals surface area contributed by atoms with Crippen molar-refractivity contribution in [1.82, 2.24) is 9.80 Å². The topological polar surface area (TPSA) is 59.1 Å². The molecule has 11 unspecified atom stereocenters. The Labute approximate surface area is 194 Å². The van der Waals surface area contributed by atoms with Gasteiger partial charge in [-0.1, -0.05) is 12.1 Å². The van der Waals surface area contributed by atoms with Crippen LogP contribution in [0.4, 0.5) is 0 Å². The minimum absolute atomic E-state index is 0.0504. The molecule has 9 aliphatic rings. The number of hydrogen-bond acceptors (Lipinski definition) is 5. The summed E-state index contributed by atoms with van der Waals surface area (Å²) in [5, 5.41) is 0. The zero-order valence-electron chi connectivity index (χ0n) is 19.1. The highest BCUT2D eigenvalue weighted by molar-refractivity contribution is 6.01. The van der Waals surface area contributed by atoms with Crippen molar-refractivity contribution in [3.05, 3.63) is 24.3 Å². The molecule has 0 aromatic heterocycles. The van der Waals surface area contributed by atoms with E-state index in [9.17, 15) is 9.59 Å². The number of rotatable bonds is 5. The number of carbonyl (C=O) groups is 2. The largest absolute Gasteiger partial charge is 0.486 e. The van der Waals surface area contributed by atoms with Gasteiger partial charge in [-0.2, -0.15) is 0 Å². The van der Waals surface area contributed by atoms with E-state index in [1.807, 2.05) is 31.3 Å². The lowest BCUT2D eigenvalue weighted by Gasteiger charge is -2.51. The minimum atomic E-state index is -0.0504. The van der Waals surface area contributed by atoms with Gasteiger partial charge in [-0.3, -0.25) is 14.5 Å². The van der Waals surface area contributed by atoms with E-state index < -0.39 is 0 Å². The normalized spacial score (nSPS) is 47.3. The van der Waals surface area contributed by atoms with Gasteiger partial charge < -0.3 is 14.4 Å². The van der Waals surface area contributed by atoms with Crippen LogP contribution < -0.4 is 9.47 Å². The molecule has 174 valence electrons. The average Bonchev–Trinajstić information content (AvgIpc) is 3.28. The molecule has 33 heavy (non-hydrogen) atoms. The van der Waals surface area contributed by atoms with Gasteiger partial charge in [-0.05, 0) is 85.8 Å². The van der Waals surface area contributed by atoms with Crippen LogP contribution in [0.25, 0.3) is 0 Å². The molecule has 10 rings (SSSR count). The summed E-state index contributed by atoms with van der Waals surface area (Å²) < 4.78 is 11.9. The summed E-state index contributed by atoms with van der Waals surface area (Å²) in [5.74, 6) is 8.26. The molecule has 6 nitrogen and oxygen atoms in total. The second kappa shape index (κ2) is 6.53. The summed E-state index contributed by atoms with van der Waals surface area (Å²) in [7, 11) is 2.04. The van der Waals surface area contributed by atoms with Crippen LogP contribution in [0.15, 0.2) is 24.3 Å². The molecule has 2 heterocycles. The van der Waals surface area contributed by atoms with E-state index in [1.54, 1.807) is 4.90 Å². The van der Waals surface area contributed by atoms with E-state index in [1.165, 1.54) is 12.8 Å². The Bertz CT molecular complexity index is 1040. The van der Waals surface area contributed by atoms with Crippen molar-refractivity contribution in [3.63, 3.8) is 0 Å². The van der Waals surface area contributed by atoms with E-state index >= 15 is 0 Å². The lowest BCUT2D eigenvalue weighted by Crippen LogP contribution is -2.50. The molecule has 0 spiro atoms. The maximum Gasteiger partial charge on any atom is 0.232 e. The molecule has 1 aromatic rings.